The summed E-state index contributed by atoms with van der Waals surface area (Å²) < 4.78 is 10.7. The molecule has 0 saturated carbocycles. The number of hydrogen-bond acceptors (Lipinski definition) is 6. The standard InChI is InChI=1S/C28H30N2O2.C2H2O4/c1-30(18-15-21-13-14-26(31-2)27(19-21)32-3)17-8-16-28(20-29)24-11-6-4-9-22(24)23-10-5-7-12-25(23)28;3-1(4)2(5)6/h4-7,9-14,19H,8,15-18H2,1-3H3;(H,3,4)(H,5,6). The largest absolute Gasteiger partial charge is 0.493 e. The first kappa shape index (κ1) is 28.2. The van der Waals surface area contributed by atoms with Crippen molar-refractivity contribution in [3.05, 3.63) is 83.4 Å². The summed E-state index contributed by atoms with van der Waals surface area (Å²) in [5.41, 5.74) is 5.37. The highest BCUT2D eigenvalue weighted by atomic mass is 16.5. The van der Waals surface area contributed by atoms with Gasteiger partial charge in [-0.3, -0.25) is 0 Å². The van der Waals surface area contributed by atoms with Crippen LogP contribution in [0.15, 0.2) is 66.7 Å². The van der Waals surface area contributed by atoms with Crippen LogP contribution in [-0.2, 0) is 21.4 Å². The van der Waals surface area contributed by atoms with Crippen molar-refractivity contribution in [1.29, 1.82) is 5.26 Å². The SMILES string of the molecule is COc1ccc(CCN(C)CCCC2(C#N)c3ccccc3-c3ccccc32)cc1OC.O=C(O)C(=O)O. The lowest BCUT2D eigenvalue weighted by molar-refractivity contribution is -0.159. The highest BCUT2D eigenvalue weighted by Crippen LogP contribution is 2.50. The molecule has 1 aliphatic carbocycles. The van der Waals surface area contributed by atoms with Gasteiger partial charge in [-0.05, 0) is 72.8 Å². The second-order valence-electron chi connectivity index (χ2n) is 9.06. The number of carboxylic acid groups (broad SMARTS) is 2. The Morgan fingerprint density at radius 1 is 0.868 bits per heavy atom. The number of methoxy groups -OCH3 is 2. The number of hydrogen-bond donors (Lipinski definition) is 2. The predicted octanol–water partition coefficient (Wildman–Crippen LogP) is 4.60. The zero-order valence-electron chi connectivity index (χ0n) is 21.8. The third-order valence-corrected chi connectivity index (χ3v) is 6.76. The molecular weight excluding hydrogens is 484 g/mol. The molecule has 0 spiro atoms. The molecule has 2 N–H and O–H groups in total. The highest BCUT2D eigenvalue weighted by molar-refractivity contribution is 6.27. The van der Waals surface area contributed by atoms with E-state index in [0.717, 1.165) is 55.0 Å². The molecular formula is C30H32N2O6. The maximum absolute atomic E-state index is 10.3. The van der Waals surface area contributed by atoms with E-state index in [1.165, 1.54) is 16.7 Å². The van der Waals surface area contributed by atoms with Gasteiger partial charge in [0.2, 0.25) is 0 Å². The molecule has 0 radical (unpaired) electrons. The molecule has 4 rings (SSSR count). The Kier molecular flexibility index (Phi) is 9.47. The highest BCUT2D eigenvalue weighted by Gasteiger charge is 2.42. The summed E-state index contributed by atoms with van der Waals surface area (Å²) in [7, 11) is 5.47. The van der Waals surface area contributed by atoms with Crippen molar-refractivity contribution in [2.24, 2.45) is 0 Å². The number of fused-ring (bicyclic) bond motifs is 3. The molecule has 198 valence electrons. The van der Waals surface area contributed by atoms with Gasteiger partial charge in [-0.25, -0.2) is 9.59 Å². The third-order valence-electron chi connectivity index (χ3n) is 6.76. The molecule has 8 heteroatoms. The van der Waals surface area contributed by atoms with Crippen LogP contribution in [0.5, 0.6) is 11.5 Å². The second-order valence-corrected chi connectivity index (χ2v) is 9.06. The van der Waals surface area contributed by atoms with Crippen molar-refractivity contribution in [3.8, 4) is 28.7 Å². The minimum absolute atomic E-state index is 0.558. The first-order chi connectivity index (χ1) is 18.3. The van der Waals surface area contributed by atoms with Crippen molar-refractivity contribution in [3.63, 3.8) is 0 Å². The van der Waals surface area contributed by atoms with E-state index in [2.05, 4.69) is 60.5 Å². The molecule has 0 aromatic heterocycles. The molecule has 0 aliphatic heterocycles. The summed E-state index contributed by atoms with van der Waals surface area (Å²) in [6.07, 6.45) is 2.71. The number of rotatable bonds is 9. The number of carbonyl (C=O) groups is 2. The zero-order chi connectivity index (χ0) is 27.7. The normalized spacial score (nSPS) is 12.4. The number of nitrogens with zero attached hydrogens (tertiary/aromatic N) is 2. The lowest BCUT2D eigenvalue weighted by Crippen LogP contribution is -2.27. The maximum Gasteiger partial charge on any atom is 0.414 e. The number of nitriles is 1. The van der Waals surface area contributed by atoms with Crippen LogP contribution < -0.4 is 9.47 Å². The maximum atomic E-state index is 10.3. The lowest BCUT2D eigenvalue weighted by Gasteiger charge is -2.25. The molecule has 0 amide bonds. The van der Waals surface area contributed by atoms with Crippen LogP contribution in [0.2, 0.25) is 0 Å². The summed E-state index contributed by atoms with van der Waals surface area (Å²) in [5, 5.41) is 25.1. The molecule has 0 unspecified atom stereocenters. The van der Waals surface area contributed by atoms with Gasteiger partial charge in [0.25, 0.3) is 0 Å². The van der Waals surface area contributed by atoms with Crippen LogP contribution in [0.3, 0.4) is 0 Å². The Hall–Kier alpha value is -4.35. The molecule has 0 fully saturated rings. The van der Waals surface area contributed by atoms with Gasteiger partial charge in [-0.15, -0.1) is 0 Å². The van der Waals surface area contributed by atoms with E-state index in [1.54, 1.807) is 14.2 Å². The average molecular weight is 517 g/mol. The first-order valence-corrected chi connectivity index (χ1v) is 12.2. The molecule has 0 heterocycles. The van der Waals surface area contributed by atoms with E-state index in [0.29, 0.717) is 0 Å². The molecule has 0 bridgehead atoms. The van der Waals surface area contributed by atoms with Crippen molar-refractivity contribution in [1.82, 2.24) is 4.90 Å². The smallest absolute Gasteiger partial charge is 0.414 e. The Bertz CT molecular complexity index is 1270. The number of benzene rings is 3. The van der Waals surface area contributed by atoms with Crippen molar-refractivity contribution < 1.29 is 29.3 Å². The van der Waals surface area contributed by atoms with E-state index >= 15 is 0 Å². The summed E-state index contributed by atoms with van der Waals surface area (Å²) in [6.45, 7) is 1.89. The number of carboxylic acids is 2. The quantitative estimate of drug-likeness (QED) is 0.396. The first-order valence-electron chi connectivity index (χ1n) is 12.2. The zero-order valence-corrected chi connectivity index (χ0v) is 21.8. The summed E-state index contributed by atoms with van der Waals surface area (Å²) in [4.78, 5) is 20.5. The Balaban J connectivity index is 0.000000599. The number of ether oxygens (including phenoxy) is 2. The van der Waals surface area contributed by atoms with Crippen LogP contribution in [-0.4, -0.2) is 61.4 Å². The Morgan fingerprint density at radius 3 is 1.92 bits per heavy atom. The number of likely N-dealkylation sites (N-methyl/N-ethyl adjacent to an activating group) is 1. The van der Waals surface area contributed by atoms with Gasteiger partial charge in [0.15, 0.2) is 11.5 Å². The van der Waals surface area contributed by atoms with Crippen molar-refractivity contribution >= 4 is 11.9 Å². The minimum Gasteiger partial charge on any atom is -0.493 e. The molecule has 3 aromatic carbocycles. The predicted molar refractivity (Wildman–Crippen MR) is 144 cm³/mol. The van der Waals surface area contributed by atoms with Gasteiger partial charge >= 0.3 is 11.9 Å². The van der Waals surface area contributed by atoms with Gasteiger partial charge in [-0.1, -0.05) is 54.6 Å². The van der Waals surface area contributed by atoms with E-state index in [9.17, 15) is 5.26 Å². The summed E-state index contributed by atoms with van der Waals surface area (Å²) in [5.74, 6) is -2.13. The van der Waals surface area contributed by atoms with Crippen LogP contribution in [0.4, 0.5) is 0 Å². The van der Waals surface area contributed by atoms with Crippen molar-refractivity contribution in [2.45, 2.75) is 24.7 Å². The summed E-state index contributed by atoms with van der Waals surface area (Å²) >= 11 is 0. The Morgan fingerprint density at radius 2 is 1.42 bits per heavy atom. The van der Waals surface area contributed by atoms with Crippen LogP contribution in [0, 0.1) is 11.3 Å². The monoisotopic (exact) mass is 516 g/mol. The molecule has 38 heavy (non-hydrogen) atoms. The fraction of sp³-hybridized carbons (Fsp3) is 0.300. The van der Waals surface area contributed by atoms with Gasteiger partial charge < -0.3 is 24.6 Å². The summed E-state index contributed by atoms with van der Waals surface area (Å²) in [6, 6.07) is 25.5. The van der Waals surface area contributed by atoms with Gasteiger partial charge in [0, 0.05) is 6.54 Å². The minimum atomic E-state index is -1.82. The molecule has 0 atom stereocenters. The average Bonchev–Trinajstić information content (AvgIpc) is 3.22. The lowest BCUT2D eigenvalue weighted by atomic mass is 9.76. The molecule has 0 saturated heterocycles. The van der Waals surface area contributed by atoms with Gasteiger partial charge in [0.05, 0.1) is 20.3 Å². The molecule has 8 nitrogen and oxygen atoms in total. The van der Waals surface area contributed by atoms with Crippen LogP contribution in [0.1, 0.15) is 29.5 Å². The van der Waals surface area contributed by atoms with E-state index in [1.807, 2.05) is 24.3 Å². The van der Waals surface area contributed by atoms with Crippen LogP contribution in [0.25, 0.3) is 11.1 Å². The van der Waals surface area contributed by atoms with Crippen LogP contribution >= 0.6 is 0 Å². The topological polar surface area (TPSA) is 120 Å². The van der Waals surface area contributed by atoms with E-state index < -0.39 is 17.4 Å². The molecule has 3 aromatic rings. The van der Waals surface area contributed by atoms with E-state index in [4.69, 9.17) is 29.3 Å². The van der Waals surface area contributed by atoms with E-state index in [-0.39, 0.29) is 0 Å². The molecule has 1 aliphatic rings. The third kappa shape index (κ3) is 6.13. The Labute approximate surface area is 222 Å². The van der Waals surface area contributed by atoms with Crippen molar-refractivity contribution in [2.75, 3.05) is 34.4 Å². The fourth-order valence-corrected chi connectivity index (χ4v) is 4.85. The van der Waals surface area contributed by atoms with Gasteiger partial charge in [0.1, 0.15) is 5.41 Å². The fourth-order valence-electron chi connectivity index (χ4n) is 4.85. The second kappa shape index (κ2) is 12.7. The number of aliphatic carboxylic acids is 2. The van der Waals surface area contributed by atoms with Gasteiger partial charge in [-0.2, -0.15) is 5.26 Å².